The van der Waals surface area contributed by atoms with Crippen molar-refractivity contribution in [3.8, 4) is 11.4 Å². The Morgan fingerprint density at radius 3 is 1.73 bits per heavy atom. The Morgan fingerprint density at radius 1 is 0.394 bits per heavy atom. The summed E-state index contributed by atoms with van der Waals surface area (Å²) in [4.78, 5) is 11.3. The zero-order valence-electron chi connectivity index (χ0n) is 38.6. The van der Waals surface area contributed by atoms with Crippen molar-refractivity contribution in [2.75, 3.05) is 0 Å². The van der Waals surface area contributed by atoms with E-state index in [4.69, 9.17) is 14.4 Å². The molecule has 0 atom stereocenters. The highest BCUT2D eigenvalue weighted by Gasteiger charge is 2.24. The number of hydrogen-bond donors (Lipinski definition) is 0. The van der Waals surface area contributed by atoms with Crippen molar-refractivity contribution in [1.29, 1.82) is 0 Å². The normalized spacial score (nSPS) is 15.7. The van der Waals surface area contributed by atoms with E-state index in [0.717, 1.165) is 96.2 Å². The lowest BCUT2D eigenvalue weighted by Crippen LogP contribution is -2.10. The summed E-state index contributed by atoms with van der Waals surface area (Å²) in [5.41, 5.74) is 13.3. The molecule has 71 heavy (non-hydrogen) atoms. The van der Waals surface area contributed by atoms with Crippen molar-refractivity contribution in [3.05, 3.63) is 247 Å². The Kier molecular flexibility index (Phi) is 8.72. The summed E-state index contributed by atoms with van der Waals surface area (Å²) in [6.07, 6.45) is 3.78. The van der Waals surface area contributed by atoms with Crippen molar-refractivity contribution >= 4 is 115 Å². The fraction of sp³-hybridized carbons (Fsp3) is 0.0303. The maximum absolute atomic E-state index is 7.07. The van der Waals surface area contributed by atoms with E-state index in [0.29, 0.717) is 5.84 Å². The Balaban J connectivity index is 0.953. The molecular weight excluding hydrogens is 865 g/mol. The number of amidine groups is 1. The predicted molar refractivity (Wildman–Crippen MR) is 298 cm³/mol. The quantitative estimate of drug-likeness (QED) is 0.170. The lowest BCUT2D eigenvalue weighted by molar-refractivity contribution is 0.666. The monoisotopic (exact) mass is 906 g/mol. The van der Waals surface area contributed by atoms with Crippen LogP contribution in [0.15, 0.2) is 245 Å². The zero-order chi connectivity index (χ0) is 46.6. The number of allylic oxidation sites excluding steroid dienone is 1. The van der Waals surface area contributed by atoms with Crippen LogP contribution in [0.2, 0.25) is 0 Å². The van der Waals surface area contributed by atoms with Gasteiger partial charge in [-0.15, -0.1) is 0 Å². The largest absolute Gasteiger partial charge is 0.454 e. The molecule has 0 bridgehead atoms. The third kappa shape index (κ3) is 6.26. The molecule has 0 spiro atoms. The number of aromatic nitrogens is 2. The molecule has 3 aromatic heterocycles. The Morgan fingerprint density at radius 2 is 0.986 bits per heavy atom. The molecule has 0 unspecified atom stereocenters. The van der Waals surface area contributed by atoms with E-state index in [1.54, 1.807) is 0 Å². The van der Waals surface area contributed by atoms with Crippen molar-refractivity contribution in [1.82, 2.24) is 9.13 Å². The minimum atomic E-state index is 0.673. The average molecular weight is 907 g/mol. The molecule has 5 heteroatoms. The van der Waals surface area contributed by atoms with Gasteiger partial charge < -0.3 is 13.6 Å². The van der Waals surface area contributed by atoms with Crippen LogP contribution < -0.4 is 0 Å². The van der Waals surface area contributed by atoms with Crippen LogP contribution >= 0.6 is 0 Å². The third-order valence-electron chi connectivity index (χ3n) is 14.7. The fourth-order valence-electron chi connectivity index (χ4n) is 11.4. The van der Waals surface area contributed by atoms with Crippen LogP contribution in [0.1, 0.15) is 29.5 Å². The van der Waals surface area contributed by atoms with Gasteiger partial charge in [-0.25, -0.2) is 9.98 Å². The number of para-hydroxylation sites is 3. The molecule has 11 aromatic carbocycles. The Bertz CT molecular complexity index is 4540. The lowest BCUT2D eigenvalue weighted by Gasteiger charge is -2.16. The van der Waals surface area contributed by atoms with Crippen LogP contribution in [0.5, 0.6) is 0 Å². The molecule has 0 amide bonds. The molecule has 1 aliphatic heterocycles. The van der Waals surface area contributed by atoms with Gasteiger partial charge in [-0.2, -0.15) is 0 Å². The number of rotatable bonds is 5. The first-order valence-electron chi connectivity index (χ1n) is 24.4. The second kappa shape index (κ2) is 15.6. The SMILES string of the molecule is C1=C(c2ccc(-n3c4cc5ccccc5cc4c4cc5ccccc5cc43)c3oc4ccccc4c23)/N=C(c2ccc3ccccc3c2)\N=C(\c2ccc3c4ccccc4n(-c4ccccc4)c3c2)CC\1. The molecule has 0 saturated heterocycles. The van der Waals surface area contributed by atoms with Crippen molar-refractivity contribution in [3.63, 3.8) is 0 Å². The summed E-state index contributed by atoms with van der Waals surface area (Å²) in [6, 6.07) is 80.9. The first-order chi connectivity index (χ1) is 35.2. The number of aliphatic imine (C=N–C) groups is 2. The topological polar surface area (TPSA) is 47.7 Å². The van der Waals surface area contributed by atoms with Crippen LogP contribution in [0.3, 0.4) is 0 Å². The second-order valence-electron chi connectivity index (χ2n) is 18.8. The van der Waals surface area contributed by atoms with E-state index in [-0.39, 0.29) is 0 Å². The van der Waals surface area contributed by atoms with Gasteiger partial charge in [0.15, 0.2) is 11.4 Å². The van der Waals surface area contributed by atoms with Crippen LogP contribution in [0.4, 0.5) is 0 Å². The van der Waals surface area contributed by atoms with Gasteiger partial charge in [0.25, 0.3) is 0 Å². The molecule has 0 N–H and O–H groups in total. The predicted octanol–water partition coefficient (Wildman–Crippen LogP) is 17.3. The lowest BCUT2D eigenvalue weighted by atomic mass is 9.98. The van der Waals surface area contributed by atoms with Gasteiger partial charge in [0, 0.05) is 49.1 Å². The third-order valence-corrected chi connectivity index (χ3v) is 14.7. The maximum Gasteiger partial charge on any atom is 0.160 e. The van der Waals surface area contributed by atoms with E-state index in [1.165, 1.54) is 54.0 Å². The molecule has 15 rings (SSSR count). The summed E-state index contributed by atoms with van der Waals surface area (Å²) in [6.45, 7) is 0. The van der Waals surface area contributed by atoms with E-state index in [9.17, 15) is 0 Å². The molecule has 0 saturated carbocycles. The average Bonchev–Trinajstić information content (AvgIpc) is 4.07. The van der Waals surface area contributed by atoms with E-state index in [2.05, 4.69) is 240 Å². The summed E-state index contributed by atoms with van der Waals surface area (Å²) < 4.78 is 11.9. The Hall–Kier alpha value is -9.32. The van der Waals surface area contributed by atoms with Gasteiger partial charge >= 0.3 is 0 Å². The van der Waals surface area contributed by atoms with Gasteiger partial charge in [0.05, 0.1) is 39.2 Å². The van der Waals surface area contributed by atoms with Crippen LogP contribution in [0, 0.1) is 0 Å². The number of hydrogen-bond acceptors (Lipinski definition) is 3. The highest BCUT2D eigenvalue weighted by Crippen LogP contribution is 2.44. The number of fused-ring (bicyclic) bond motifs is 12. The highest BCUT2D eigenvalue weighted by molar-refractivity contribution is 6.21. The van der Waals surface area contributed by atoms with Crippen LogP contribution in [-0.4, -0.2) is 20.7 Å². The highest BCUT2D eigenvalue weighted by atomic mass is 16.3. The van der Waals surface area contributed by atoms with Crippen molar-refractivity contribution < 1.29 is 4.42 Å². The van der Waals surface area contributed by atoms with Crippen LogP contribution in [0.25, 0.3) is 115 Å². The van der Waals surface area contributed by atoms with E-state index < -0.39 is 0 Å². The van der Waals surface area contributed by atoms with Crippen LogP contribution in [-0.2, 0) is 0 Å². The molecule has 1 aliphatic rings. The smallest absolute Gasteiger partial charge is 0.160 e. The molecule has 5 nitrogen and oxygen atoms in total. The molecular formula is C66H42N4O. The molecule has 14 aromatic rings. The first-order valence-corrected chi connectivity index (χ1v) is 24.4. The van der Waals surface area contributed by atoms with Gasteiger partial charge in [0.2, 0.25) is 0 Å². The first kappa shape index (κ1) is 39.7. The maximum atomic E-state index is 7.07. The minimum Gasteiger partial charge on any atom is -0.454 e. The number of benzene rings is 11. The van der Waals surface area contributed by atoms with Crippen molar-refractivity contribution in [2.24, 2.45) is 9.98 Å². The number of nitrogens with zero attached hydrogens (tertiary/aromatic N) is 4. The molecule has 4 heterocycles. The summed E-state index contributed by atoms with van der Waals surface area (Å²) in [7, 11) is 0. The molecule has 332 valence electrons. The standard InChI is InChI=1S/C66H42N4O/c1-2-21-49(22-3-1)69-58-27-12-10-23-50(58)51-32-31-47(40-60(51)69)56-25-14-26-57(68-66(67-56)48-30-29-41-15-4-5-16-42(41)35-48)52-33-34-59(65-64(52)53-24-11-13-28-63(53)71-65)70-61-38-45-19-8-6-17-43(45)36-54(61)55-37-44-18-7-9-20-46(44)39-62(55)70/h1-13,15-24,26-40H,14,25H2/b57-26-,67-56+,68-66-. The number of furan rings is 1. The van der Waals surface area contributed by atoms with Gasteiger partial charge in [-0.1, -0.05) is 158 Å². The molecule has 0 radical (unpaired) electrons. The second-order valence-corrected chi connectivity index (χ2v) is 18.8. The summed E-state index contributed by atoms with van der Waals surface area (Å²) in [5.74, 6) is 0.673. The summed E-state index contributed by atoms with van der Waals surface area (Å²) >= 11 is 0. The van der Waals surface area contributed by atoms with E-state index in [1.807, 2.05) is 0 Å². The van der Waals surface area contributed by atoms with Gasteiger partial charge in [-0.3, -0.25) is 0 Å². The molecule has 0 aliphatic carbocycles. The Labute approximate surface area is 408 Å². The van der Waals surface area contributed by atoms with Crippen molar-refractivity contribution in [2.45, 2.75) is 12.8 Å². The summed E-state index contributed by atoms with van der Waals surface area (Å²) in [5, 5.41) is 14.1. The van der Waals surface area contributed by atoms with Gasteiger partial charge in [-0.05, 0) is 124 Å². The van der Waals surface area contributed by atoms with E-state index >= 15 is 0 Å². The fourth-order valence-corrected chi connectivity index (χ4v) is 11.4. The van der Waals surface area contributed by atoms with Gasteiger partial charge in [0.1, 0.15) is 5.58 Å². The zero-order valence-corrected chi connectivity index (χ0v) is 38.6. The molecule has 0 fully saturated rings. The minimum absolute atomic E-state index is 0.673.